The van der Waals surface area contributed by atoms with Gasteiger partial charge in [-0.1, -0.05) is 12.1 Å². The zero-order chi connectivity index (χ0) is 17.1. The van der Waals surface area contributed by atoms with Gasteiger partial charge in [-0.25, -0.2) is 4.68 Å². The number of anilines is 1. The summed E-state index contributed by atoms with van der Waals surface area (Å²) >= 11 is 0. The Morgan fingerprint density at radius 3 is 2.96 bits per heavy atom. The molecule has 0 spiro atoms. The monoisotopic (exact) mass is 335 g/mol. The fraction of sp³-hybridized carbons (Fsp3) is 0.316. The maximum atomic E-state index is 5.81. The van der Waals surface area contributed by atoms with Crippen LogP contribution in [0.1, 0.15) is 25.3 Å². The third-order valence-corrected chi connectivity index (χ3v) is 4.33. The fourth-order valence-electron chi connectivity index (χ4n) is 3.21. The van der Waals surface area contributed by atoms with Crippen LogP contribution in [0.2, 0.25) is 0 Å². The first-order chi connectivity index (χ1) is 12.4. The average Bonchev–Trinajstić information content (AvgIpc) is 2.84. The van der Waals surface area contributed by atoms with E-state index in [-0.39, 0.29) is 0 Å². The number of fused-ring (bicyclic) bond motifs is 1. The van der Waals surface area contributed by atoms with Crippen molar-refractivity contribution in [3.63, 3.8) is 0 Å². The quantitative estimate of drug-likeness (QED) is 0.791. The van der Waals surface area contributed by atoms with Crippen LogP contribution in [0.25, 0.3) is 17.1 Å². The highest BCUT2D eigenvalue weighted by Gasteiger charge is 2.23. The maximum Gasteiger partial charge on any atom is 0.145 e. The molecule has 3 heterocycles. The number of aromatic nitrogens is 4. The topological polar surface area (TPSA) is 64.9 Å². The van der Waals surface area contributed by atoms with E-state index in [1.807, 2.05) is 35.9 Å². The van der Waals surface area contributed by atoms with Crippen LogP contribution < -0.4 is 10.1 Å². The van der Waals surface area contributed by atoms with Crippen molar-refractivity contribution in [3.05, 3.63) is 48.4 Å². The minimum Gasteiger partial charge on any atom is -0.492 e. The van der Waals surface area contributed by atoms with Crippen molar-refractivity contribution in [3.8, 4) is 22.8 Å². The third kappa shape index (κ3) is 2.95. The molecule has 6 heteroatoms. The van der Waals surface area contributed by atoms with Crippen LogP contribution in [-0.4, -0.2) is 32.9 Å². The van der Waals surface area contributed by atoms with Crippen LogP contribution in [-0.2, 0) is 6.42 Å². The van der Waals surface area contributed by atoms with Crippen LogP contribution >= 0.6 is 0 Å². The van der Waals surface area contributed by atoms with E-state index in [4.69, 9.17) is 9.84 Å². The lowest BCUT2D eigenvalue weighted by atomic mass is 10.1. The van der Waals surface area contributed by atoms with Gasteiger partial charge in [0.05, 0.1) is 12.8 Å². The molecule has 0 saturated heterocycles. The highest BCUT2D eigenvalue weighted by atomic mass is 16.5. The SMILES string of the molecule is CCOc1ccccc1-n1nc(-c2cnccn2)c2c1NCCCC2. The summed E-state index contributed by atoms with van der Waals surface area (Å²) in [5.41, 5.74) is 3.83. The standard InChI is InChI=1S/C19H21N5O/c1-2-25-17-9-4-3-8-16(17)24-19-14(7-5-6-10-22-19)18(23-24)15-13-20-11-12-21-15/h3-4,8-9,11-13,22H,2,5-7,10H2,1H3. The molecule has 0 aliphatic carbocycles. The van der Waals surface area contributed by atoms with Gasteiger partial charge in [-0.2, -0.15) is 5.10 Å². The number of ether oxygens (including phenoxy) is 1. The molecule has 1 N–H and O–H groups in total. The summed E-state index contributed by atoms with van der Waals surface area (Å²) in [4.78, 5) is 8.66. The molecule has 0 saturated carbocycles. The molecule has 4 rings (SSSR count). The third-order valence-electron chi connectivity index (χ3n) is 4.33. The molecule has 2 aromatic heterocycles. The van der Waals surface area contributed by atoms with E-state index in [1.165, 1.54) is 5.56 Å². The Bertz CT molecular complexity index is 860. The number of rotatable bonds is 4. The molecule has 0 bridgehead atoms. The molecular weight excluding hydrogens is 314 g/mol. The van der Waals surface area contributed by atoms with Crippen LogP contribution in [0.5, 0.6) is 5.75 Å². The van der Waals surface area contributed by atoms with Crippen LogP contribution in [0.4, 0.5) is 5.82 Å². The van der Waals surface area contributed by atoms with Crippen molar-refractivity contribution in [2.45, 2.75) is 26.2 Å². The molecule has 0 amide bonds. The lowest BCUT2D eigenvalue weighted by molar-refractivity contribution is 0.338. The molecule has 1 aliphatic heterocycles. The van der Waals surface area contributed by atoms with Gasteiger partial charge in [0.1, 0.15) is 28.6 Å². The summed E-state index contributed by atoms with van der Waals surface area (Å²) in [6.07, 6.45) is 8.41. The zero-order valence-electron chi connectivity index (χ0n) is 14.3. The van der Waals surface area contributed by atoms with Gasteiger partial charge in [-0.05, 0) is 38.3 Å². The molecule has 0 fully saturated rings. The highest BCUT2D eigenvalue weighted by Crippen LogP contribution is 2.35. The summed E-state index contributed by atoms with van der Waals surface area (Å²) in [6, 6.07) is 8.00. The molecule has 1 aromatic carbocycles. The molecule has 128 valence electrons. The number of para-hydroxylation sites is 2. The van der Waals surface area contributed by atoms with Crippen molar-refractivity contribution >= 4 is 5.82 Å². The van der Waals surface area contributed by atoms with Gasteiger partial charge in [-0.15, -0.1) is 0 Å². The van der Waals surface area contributed by atoms with Crippen molar-refractivity contribution in [2.24, 2.45) is 0 Å². The Labute approximate surface area is 146 Å². The largest absolute Gasteiger partial charge is 0.492 e. The summed E-state index contributed by atoms with van der Waals surface area (Å²) in [5.74, 6) is 1.86. The summed E-state index contributed by atoms with van der Waals surface area (Å²) in [6.45, 7) is 3.55. The summed E-state index contributed by atoms with van der Waals surface area (Å²) < 4.78 is 7.77. The Morgan fingerprint density at radius 1 is 1.20 bits per heavy atom. The van der Waals surface area contributed by atoms with Gasteiger partial charge < -0.3 is 10.1 Å². The first-order valence-corrected chi connectivity index (χ1v) is 8.73. The molecule has 0 atom stereocenters. The molecular formula is C19H21N5O. The molecule has 6 nitrogen and oxygen atoms in total. The second kappa shape index (κ2) is 6.93. The van der Waals surface area contributed by atoms with Gasteiger partial charge in [0.15, 0.2) is 0 Å². The average molecular weight is 335 g/mol. The second-order valence-corrected chi connectivity index (χ2v) is 5.96. The molecule has 3 aromatic rings. The van der Waals surface area contributed by atoms with Crippen molar-refractivity contribution in [1.29, 1.82) is 0 Å². The smallest absolute Gasteiger partial charge is 0.145 e. The van der Waals surface area contributed by atoms with Crippen LogP contribution in [0.15, 0.2) is 42.9 Å². The lowest BCUT2D eigenvalue weighted by Crippen LogP contribution is -2.08. The van der Waals surface area contributed by atoms with Gasteiger partial charge in [0, 0.05) is 24.5 Å². The van der Waals surface area contributed by atoms with E-state index < -0.39 is 0 Å². The predicted molar refractivity (Wildman–Crippen MR) is 97.2 cm³/mol. The van der Waals surface area contributed by atoms with Gasteiger partial charge in [0.2, 0.25) is 0 Å². The number of nitrogens with one attached hydrogen (secondary N) is 1. The minimum atomic E-state index is 0.616. The zero-order valence-corrected chi connectivity index (χ0v) is 14.3. The van der Waals surface area contributed by atoms with E-state index in [0.29, 0.717) is 6.61 Å². The first kappa shape index (κ1) is 15.6. The number of benzene rings is 1. The Morgan fingerprint density at radius 2 is 2.12 bits per heavy atom. The van der Waals surface area contributed by atoms with Crippen molar-refractivity contribution in [1.82, 2.24) is 19.7 Å². The van der Waals surface area contributed by atoms with Gasteiger partial charge >= 0.3 is 0 Å². The first-order valence-electron chi connectivity index (χ1n) is 8.73. The molecule has 25 heavy (non-hydrogen) atoms. The van der Waals surface area contributed by atoms with Crippen molar-refractivity contribution in [2.75, 3.05) is 18.5 Å². The minimum absolute atomic E-state index is 0.616. The number of hydrogen-bond donors (Lipinski definition) is 1. The van der Waals surface area contributed by atoms with Crippen LogP contribution in [0, 0.1) is 0 Å². The fourth-order valence-corrected chi connectivity index (χ4v) is 3.21. The van der Waals surface area contributed by atoms with Gasteiger partial charge in [0.25, 0.3) is 0 Å². The normalized spacial score (nSPS) is 13.6. The Hall–Kier alpha value is -2.89. The lowest BCUT2D eigenvalue weighted by Gasteiger charge is -2.13. The second-order valence-electron chi connectivity index (χ2n) is 5.96. The van der Waals surface area contributed by atoms with Crippen molar-refractivity contribution < 1.29 is 4.74 Å². The van der Waals surface area contributed by atoms with E-state index in [2.05, 4.69) is 15.3 Å². The molecule has 0 radical (unpaired) electrons. The maximum absolute atomic E-state index is 5.81. The summed E-state index contributed by atoms with van der Waals surface area (Å²) in [5, 5.41) is 8.44. The predicted octanol–water partition coefficient (Wildman–Crippen LogP) is 3.48. The number of nitrogens with zero attached hydrogens (tertiary/aromatic N) is 4. The highest BCUT2D eigenvalue weighted by molar-refractivity contribution is 5.69. The number of hydrogen-bond acceptors (Lipinski definition) is 5. The van der Waals surface area contributed by atoms with E-state index in [1.54, 1.807) is 18.6 Å². The Balaban J connectivity index is 1.91. The van der Waals surface area contributed by atoms with E-state index >= 15 is 0 Å². The van der Waals surface area contributed by atoms with E-state index in [9.17, 15) is 0 Å². The van der Waals surface area contributed by atoms with Crippen LogP contribution in [0.3, 0.4) is 0 Å². The summed E-state index contributed by atoms with van der Waals surface area (Å²) in [7, 11) is 0. The Kier molecular flexibility index (Phi) is 4.33. The molecule has 0 unspecified atom stereocenters. The van der Waals surface area contributed by atoms with E-state index in [0.717, 1.165) is 54.4 Å². The molecule has 1 aliphatic rings. The van der Waals surface area contributed by atoms with Gasteiger partial charge in [-0.3, -0.25) is 9.97 Å².